The van der Waals surface area contributed by atoms with Gasteiger partial charge in [-0.1, -0.05) is 0 Å². The largest absolute Gasteiger partial charge is 0.383 e. The van der Waals surface area contributed by atoms with Crippen molar-refractivity contribution in [1.82, 2.24) is 20.4 Å². The molecule has 2 N–H and O–H groups in total. The van der Waals surface area contributed by atoms with Gasteiger partial charge in [-0.15, -0.1) is 0 Å². The van der Waals surface area contributed by atoms with Gasteiger partial charge in [0.25, 0.3) is 0 Å². The van der Waals surface area contributed by atoms with E-state index in [-0.39, 0.29) is 11.9 Å². The molecular formula is C12H22N4O2. The first-order valence-corrected chi connectivity index (χ1v) is 6.03. The predicted octanol–water partition coefficient (Wildman–Crippen LogP) is 0.142. The second-order valence-electron chi connectivity index (χ2n) is 4.29. The molecule has 1 atom stereocenters. The van der Waals surface area contributed by atoms with Crippen molar-refractivity contribution >= 4 is 5.91 Å². The molecule has 1 aromatic rings. The van der Waals surface area contributed by atoms with Gasteiger partial charge in [0.1, 0.15) is 0 Å². The first-order chi connectivity index (χ1) is 8.54. The van der Waals surface area contributed by atoms with E-state index in [2.05, 4.69) is 15.7 Å². The van der Waals surface area contributed by atoms with E-state index in [9.17, 15) is 4.79 Å². The van der Waals surface area contributed by atoms with E-state index in [1.54, 1.807) is 11.8 Å². The standard InChI is InChI=1S/C12H22N4O2/c1-9(11-8-16(3)15-10(11)2)14-7-12(17)13-5-6-18-4/h8-9,14H,5-7H2,1-4H3,(H,13,17). The van der Waals surface area contributed by atoms with Gasteiger partial charge < -0.3 is 15.4 Å². The average Bonchev–Trinajstić information content (AvgIpc) is 2.66. The minimum absolute atomic E-state index is 0.0274. The van der Waals surface area contributed by atoms with Crippen LogP contribution in [0.1, 0.15) is 24.2 Å². The van der Waals surface area contributed by atoms with Gasteiger partial charge in [0, 0.05) is 38.5 Å². The summed E-state index contributed by atoms with van der Waals surface area (Å²) in [6, 6.07) is 0.104. The Labute approximate surface area is 108 Å². The molecule has 102 valence electrons. The van der Waals surface area contributed by atoms with Crippen LogP contribution < -0.4 is 10.6 Å². The number of rotatable bonds is 7. The summed E-state index contributed by atoms with van der Waals surface area (Å²) in [5.41, 5.74) is 2.10. The number of aromatic nitrogens is 2. The maximum absolute atomic E-state index is 11.5. The van der Waals surface area contributed by atoms with Gasteiger partial charge in [-0.25, -0.2) is 0 Å². The molecule has 0 aliphatic heterocycles. The Hall–Kier alpha value is -1.40. The second kappa shape index (κ2) is 7.13. The fraction of sp³-hybridized carbons (Fsp3) is 0.667. The molecule has 1 unspecified atom stereocenters. The highest BCUT2D eigenvalue weighted by molar-refractivity contribution is 5.78. The maximum atomic E-state index is 11.5. The Morgan fingerprint density at radius 3 is 2.89 bits per heavy atom. The zero-order valence-corrected chi connectivity index (χ0v) is 11.5. The van der Waals surface area contributed by atoms with Crippen molar-refractivity contribution in [2.24, 2.45) is 7.05 Å². The summed E-state index contributed by atoms with van der Waals surface area (Å²) >= 11 is 0. The average molecular weight is 254 g/mol. The molecule has 6 nitrogen and oxygen atoms in total. The molecule has 1 amide bonds. The molecule has 1 heterocycles. The fourth-order valence-corrected chi connectivity index (χ4v) is 1.75. The quantitative estimate of drug-likeness (QED) is 0.679. The number of hydrogen-bond donors (Lipinski definition) is 2. The van der Waals surface area contributed by atoms with Gasteiger partial charge in [0.05, 0.1) is 18.8 Å². The zero-order valence-electron chi connectivity index (χ0n) is 11.5. The topological polar surface area (TPSA) is 68.2 Å². The van der Waals surface area contributed by atoms with Crippen LogP contribution in [0.3, 0.4) is 0 Å². The van der Waals surface area contributed by atoms with Gasteiger partial charge in [-0.3, -0.25) is 9.48 Å². The van der Waals surface area contributed by atoms with Crippen molar-refractivity contribution in [2.75, 3.05) is 26.8 Å². The number of nitrogens with zero attached hydrogens (tertiary/aromatic N) is 2. The third-order valence-electron chi connectivity index (χ3n) is 2.72. The van der Waals surface area contributed by atoms with Crippen molar-refractivity contribution in [1.29, 1.82) is 0 Å². The lowest BCUT2D eigenvalue weighted by Crippen LogP contribution is -2.36. The van der Waals surface area contributed by atoms with Crippen LogP contribution >= 0.6 is 0 Å². The van der Waals surface area contributed by atoms with Crippen LogP contribution in [0.15, 0.2) is 6.20 Å². The summed E-state index contributed by atoms with van der Waals surface area (Å²) in [6.45, 7) is 5.35. The summed E-state index contributed by atoms with van der Waals surface area (Å²) in [7, 11) is 3.50. The lowest BCUT2D eigenvalue weighted by atomic mass is 10.1. The Kier molecular flexibility index (Phi) is 5.80. The Bertz CT molecular complexity index is 389. The van der Waals surface area contributed by atoms with Crippen LogP contribution in [0.5, 0.6) is 0 Å². The van der Waals surface area contributed by atoms with Crippen LogP contribution in [0.25, 0.3) is 0 Å². The molecule has 1 rings (SSSR count). The van der Waals surface area contributed by atoms with Crippen LogP contribution in [0.2, 0.25) is 0 Å². The second-order valence-corrected chi connectivity index (χ2v) is 4.29. The molecule has 6 heteroatoms. The van der Waals surface area contributed by atoms with Crippen molar-refractivity contribution in [3.8, 4) is 0 Å². The number of amides is 1. The van der Waals surface area contributed by atoms with Gasteiger partial charge in [0.15, 0.2) is 0 Å². The molecule has 0 aliphatic carbocycles. The SMILES string of the molecule is COCCNC(=O)CNC(C)c1cn(C)nc1C. The summed E-state index contributed by atoms with van der Waals surface area (Å²) < 4.78 is 6.64. The highest BCUT2D eigenvalue weighted by atomic mass is 16.5. The van der Waals surface area contributed by atoms with E-state index in [1.165, 1.54) is 0 Å². The summed E-state index contributed by atoms with van der Waals surface area (Å²) in [5, 5.41) is 10.2. The Morgan fingerprint density at radius 1 is 1.61 bits per heavy atom. The molecular weight excluding hydrogens is 232 g/mol. The van der Waals surface area contributed by atoms with E-state index < -0.39 is 0 Å². The van der Waals surface area contributed by atoms with Crippen molar-refractivity contribution in [3.63, 3.8) is 0 Å². The number of hydrogen-bond acceptors (Lipinski definition) is 4. The van der Waals surface area contributed by atoms with Crippen molar-refractivity contribution < 1.29 is 9.53 Å². The summed E-state index contributed by atoms with van der Waals surface area (Å²) in [4.78, 5) is 11.5. The summed E-state index contributed by atoms with van der Waals surface area (Å²) in [6.07, 6.45) is 1.97. The molecule has 0 fully saturated rings. The van der Waals surface area contributed by atoms with E-state index in [0.717, 1.165) is 11.3 Å². The lowest BCUT2D eigenvalue weighted by Gasteiger charge is -2.13. The monoisotopic (exact) mass is 254 g/mol. The third kappa shape index (κ3) is 4.46. The zero-order chi connectivity index (χ0) is 13.5. The molecule has 0 saturated heterocycles. The highest BCUT2D eigenvalue weighted by Gasteiger charge is 2.12. The van der Waals surface area contributed by atoms with Crippen LogP contribution in [-0.2, 0) is 16.6 Å². The Morgan fingerprint density at radius 2 is 2.33 bits per heavy atom. The normalized spacial score (nSPS) is 12.4. The molecule has 0 bridgehead atoms. The molecule has 0 spiro atoms. The van der Waals surface area contributed by atoms with Gasteiger partial charge in [0.2, 0.25) is 5.91 Å². The minimum Gasteiger partial charge on any atom is -0.383 e. The first-order valence-electron chi connectivity index (χ1n) is 6.03. The number of carbonyl (C=O) groups is 1. The van der Waals surface area contributed by atoms with Gasteiger partial charge >= 0.3 is 0 Å². The lowest BCUT2D eigenvalue weighted by molar-refractivity contribution is -0.120. The molecule has 0 aromatic carbocycles. The van der Waals surface area contributed by atoms with Crippen LogP contribution in [-0.4, -0.2) is 42.5 Å². The molecule has 0 aliphatic rings. The van der Waals surface area contributed by atoms with Crippen LogP contribution in [0.4, 0.5) is 0 Å². The molecule has 0 radical (unpaired) electrons. The Balaban J connectivity index is 2.34. The molecule has 18 heavy (non-hydrogen) atoms. The highest BCUT2D eigenvalue weighted by Crippen LogP contribution is 2.14. The number of methoxy groups -OCH3 is 1. The molecule has 0 saturated carbocycles. The number of carbonyl (C=O) groups excluding carboxylic acids is 1. The van der Waals surface area contributed by atoms with E-state index in [4.69, 9.17) is 4.74 Å². The van der Waals surface area contributed by atoms with E-state index in [0.29, 0.717) is 19.7 Å². The fourth-order valence-electron chi connectivity index (χ4n) is 1.75. The number of ether oxygens (including phenoxy) is 1. The number of aryl methyl sites for hydroxylation is 2. The maximum Gasteiger partial charge on any atom is 0.234 e. The minimum atomic E-state index is -0.0274. The van der Waals surface area contributed by atoms with Crippen LogP contribution in [0, 0.1) is 6.92 Å². The smallest absolute Gasteiger partial charge is 0.234 e. The third-order valence-corrected chi connectivity index (χ3v) is 2.72. The number of nitrogens with one attached hydrogen (secondary N) is 2. The first kappa shape index (κ1) is 14.7. The summed E-state index contributed by atoms with van der Waals surface area (Å²) in [5.74, 6) is -0.0274. The van der Waals surface area contributed by atoms with Crippen molar-refractivity contribution in [3.05, 3.63) is 17.5 Å². The molecule has 1 aromatic heterocycles. The van der Waals surface area contributed by atoms with E-state index >= 15 is 0 Å². The van der Waals surface area contributed by atoms with Gasteiger partial charge in [-0.2, -0.15) is 5.10 Å². The van der Waals surface area contributed by atoms with Gasteiger partial charge in [-0.05, 0) is 13.8 Å². The van der Waals surface area contributed by atoms with E-state index in [1.807, 2.05) is 27.1 Å². The van der Waals surface area contributed by atoms with Crippen molar-refractivity contribution in [2.45, 2.75) is 19.9 Å². The predicted molar refractivity (Wildman–Crippen MR) is 69.2 cm³/mol.